The maximum atomic E-state index is 5.29. The van der Waals surface area contributed by atoms with Gasteiger partial charge in [0.1, 0.15) is 5.75 Å². The molecule has 1 saturated heterocycles. The van der Waals surface area contributed by atoms with Gasteiger partial charge in [-0.1, -0.05) is 12.1 Å². The minimum Gasteiger partial charge on any atom is -0.497 e. The average Bonchev–Trinajstić information content (AvgIpc) is 2.74. The van der Waals surface area contributed by atoms with Crippen molar-refractivity contribution in [1.29, 1.82) is 0 Å². The lowest BCUT2D eigenvalue weighted by Gasteiger charge is -2.41. The van der Waals surface area contributed by atoms with Crippen molar-refractivity contribution in [3.05, 3.63) is 60.9 Å². The van der Waals surface area contributed by atoms with Crippen LogP contribution in [0.4, 0.5) is 11.5 Å². The van der Waals surface area contributed by atoms with Gasteiger partial charge in [-0.3, -0.25) is 4.98 Å². The van der Waals surface area contributed by atoms with Crippen LogP contribution in [0.5, 0.6) is 5.75 Å². The molecule has 1 aliphatic rings. The molecule has 3 heterocycles. The zero-order valence-electron chi connectivity index (χ0n) is 15.6. The molecule has 0 N–H and O–H groups in total. The number of hydrogen-bond donors (Lipinski definition) is 0. The maximum absolute atomic E-state index is 5.29. The first-order valence-electron chi connectivity index (χ1n) is 9.14. The van der Waals surface area contributed by atoms with Gasteiger partial charge < -0.3 is 14.5 Å². The smallest absolute Gasteiger partial charge is 0.151 e. The normalized spacial score (nSPS) is 17.0. The summed E-state index contributed by atoms with van der Waals surface area (Å²) in [5, 5.41) is 8.91. The Balaban J connectivity index is 1.47. The van der Waals surface area contributed by atoms with Crippen LogP contribution < -0.4 is 14.5 Å². The lowest BCUT2D eigenvalue weighted by atomic mass is 10.1. The molecule has 0 radical (unpaired) electrons. The van der Waals surface area contributed by atoms with Crippen LogP contribution in [-0.4, -0.2) is 48.0 Å². The molecule has 0 bridgehead atoms. The van der Waals surface area contributed by atoms with Crippen LogP contribution in [0.25, 0.3) is 11.3 Å². The minimum absolute atomic E-state index is 0.390. The standard InChI is InChI=1S/C21H23N5O/c1-16-15-25(12-13-26(16)18-8-10-22-11-9-18)21-7-6-20(23-24-21)17-4-3-5-19(14-17)27-2/h3-11,14,16H,12-13,15H2,1-2H3. The molecule has 3 aromatic rings. The number of aromatic nitrogens is 3. The van der Waals surface area contributed by atoms with Gasteiger partial charge in [0, 0.05) is 49.3 Å². The van der Waals surface area contributed by atoms with Crippen molar-refractivity contribution in [3.8, 4) is 17.0 Å². The Kier molecular flexibility index (Phi) is 4.87. The minimum atomic E-state index is 0.390. The summed E-state index contributed by atoms with van der Waals surface area (Å²) in [6.07, 6.45) is 3.69. The number of rotatable bonds is 4. The van der Waals surface area contributed by atoms with Crippen molar-refractivity contribution in [2.75, 3.05) is 36.5 Å². The van der Waals surface area contributed by atoms with Gasteiger partial charge in [-0.2, -0.15) is 0 Å². The monoisotopic (exact) mass is 361 g/mol. The van der Waals surface area contributed by atoms with Crippen LogP contribution in [0, 0.1) is 0 Å². The summed E-state index contributed by atoms with van der Waals surface area (Å²) in [6.45, 7) is 5.02. The van der Waals surface area contributed by atoms with E-state index in [2.05, 4.69) is 50.1 Å². The van der Waals surface area contributed by atoms with Crippen LogP contribution >= 0.6 is 0 Å². The van der Waals surface area contributed by atoms with Gasteiger partial charge in [0.25, 0.3) is 0 Å². The fourth-order valence-electron chi connectivity index (χ4n) is 3.52. The lowest BCUT2D eigenvalue weighted by Crippen LogP contribution is -2.52. The molecule has 0 amide bonds. The van der Waals surface area contributed by atoms with Crippen LogP contribution in [0.3, 0.4) is 0 Å². The Morgan fingerprint density at radius 1 is 1.00 bits per heavy atom. The Hall–Kier alpha value is -3.15. The first kappa shape index (κ1) is 17.3. The second kappa shape index (κ2) is 7.61. The summed E-state index contributed by atoms with van der Waals surface area (Å²) < 4.78 is 5.29. The van der Waals surface area contributed by atoms with E-state index >= 15 is 0 Å². The Bertz CT molecular complexity index is 885. The number of hydrogen-bond acceptors (Lipinski definition) is 6. The topological polar surface area (TPSA) is 54.4 Å². The van der Waals surface area contributed by atoms with E-state index in [0.717, 1.165) is 42.5 Å². The van der Waals surface area contributed by atoms with Gasteiger partial charge in [-0.15, -0.1) is 10.2 Å². The molecule has 1 aromatic carbocycles. The average molecular weight is 361 g/mol. The second-order valence-corrected chi connectivity index (χ2v) is 6.70. The molecule has 138 valence electrons. The third kappa shape index (κ3) is 3.69. The van der Waals surface area contributed by atoms with Crippen molar-refractivity contribution >= 4 is 11.5 Å². The number of nitrogens with zero attached hydrogens (tertiary/aromatic N) is 5. The fraction of sp³-hybridized carbons (Fsp3) is 0.286. The summed E-state index contributed by atoms with van der Waals surface area (Å²) in [5.74, 6) is 1.74. The largest absolute Gasteiger partial charge is 0.497 e. The molecule has 27 heavy (non-hydrogen) atoms. The molecule has 0 spiro atoms. The van der Waals surface area contributed by atoms with Crippen molar-refractivity contribution in [2.24, 2.45) is 0 Å². The maximum Gasteiger partial charge on any atom is 0.151 e. The summed E-state index contributed by atoms with van der Waals surface area (Å²) in [6, 6.07) is 16.5. The number of pyridine rings is 1. The van der Waals surface area contributed by atoms with Gasteiger partial charge in [0.2, 0.25) is 0 Å². The molecule has 6 heteroatoms. The van der Waals surface area contributed by atoms with E-state index in [1.165, 1.54) is 5.69 Å². The molecule has 4 rings (SSSR count). The molecule has 1 fully saturated rings. The quantitative estimate of drug-likeness (QED) is 0.711. The van der Waals surface area contributed by atoms with E-state index in [1.807, 2.05) is 42.7 Å². The molecular formula is C21H23N5O. The molecule has 1 unspecified atom stereocenters. The molecule has 2 aromatic heterocycles. The molecule has 0 saturated carbocycles. The zero-order valence-corrected chi connectivity index (χ0v) is 15.6. The van der Waals surface area contributed by atoms with Gasteiger partial charge >= 0.3 is 0 Å². The van der Waals surface area contributed by atoms with Crippen molar-refractivity contribution in [1.82, 2.24) is 15.2 Å². The number of ether oxygens (including phenoxy) is 1. The van der Waals surface area contributed by atoms with E-state index in [4.69, 9.17) is 4.74 Å². The van der Waals surface area contributed by atoms with E-state index < -0.39 is 0 Å². The Labute approximate surface area is 159 Å². The van der Waals surface area contributed by atoms with E-state index in [-0.39, 0.29) is 0 Å². The van der Waals surface area contributed by atoms with E-state index in [1.54, 1.807) is 7.11 Å². The highest BCUT2D eigenvalue weighted by molar-refractivity contribution is 5.62. The Morgan fingerprint density at radius 3 is 2.56 bits per heavy atom. The zero-order chi connectivity index (χ0) is 18.6. The molecule has 0 aliphatic carbocycles. The fourth-order valence-corrected chi connectivity index (χ4v) is 3.52. The predicted octanol–water partition coefficient (Wildman–Crippen LogP) is 3.26. The molecule has 1 atom stereocenters. The summed E-state index contributed by atoms with van der Waals surface area (Å²) >= 11 is 0. The number of benzene rings is 1. The SMILES string of the molecule is COc1cccc(-c2ccc(N3CCN(c4ccncc4)C(C)C3)nn2)c1. The lowest BCUT2D eigenvalue weighted by molar-refractivity contribution is 0.415. The van der Waals surface area contributed by atoms with Gasteiger partial charge in [0.15, 0.2) is 5.82 Å². The van der Waals surface area contributed by atoms with Gasteiger partial charge in [-0.25, -0.2) is 0 Å². The van der Waals surface area contributed by atoms with Crippen LogP contribution in [0.1, 0.15) is 6.92 Å². The van der Waals surface area contributed by atoms with Crippen LogP contribution in [0.15, 0.2) is 60.9 Å². The molecular weight excluding hydrogens is 338 g/mol. The van der Waals surface area contributed by atoms with Gasteiger partial charge in [0.05, 0.1) is 12.8 Å². The van der Waals surface area contributed by atoms with Crippen molar-refractivity contribution < 1.29 is 4.74 Å². The number of piperazine rings is 1. The summed E-state index contributed by atoms with van der Waals surface area (Å²) in [7, 11) is 1.67. The van der Waals surface area contributed by atoms with Crippen molar-refractivity contribution in [3.63, 3.8) is 0 Å². The van der Waals surface area contributed by atoms with Gasteiger partial charge in [-0.05, 0) is 43.3 Å². The predicted molar refractivity (Wildman–Crippen MR) is 107 cm³/mol. The summed E-state index contributed by atoms with van der Waals surface area (Å²) in [5.41, 5.74) is 3.07. The highest BCUT2D eigenvalue weighted by Gasteiger charge is 2.24. The highest BCUT2D eigenvalue weighted by atomic mass is 16.5. The Morgan fingerprint density at radius 2 is 1.85 bits per heavy atom. The van der Waals surface area contributed by atoms with E-state index in [9.17, 15) is 0 Å². The molecule has 6 nitrogen and oxygen atoms in total. The first-order chi connectivity index (χ1) is 13.2. The van der Waals surface area contributed by atoms with E-state index in [0.29, 0.717) is 6.04 Å². The first-order valence-corrected chi connectivity index (χ1v) is 9.14. The third-order valence-corrected chi connectivity index (χ3v) is 4.96. The van der Waals surface area contributed by atoms with Crippen LogP contribution in [0.2, 0.25) is 0 Å². The van der Waals surface area contributed by atoms with Crippen LogP contribution in [-0.2, 0) is 0 Å². The number of anilines is 2. The molecule has 1 aliphatic heterocycles. The summed E-state index contributed by atoms with van der Waals surface area (Å²) in [4.78, 5) is 8.82. The highest BCUT2D eigenvalue weighted by Crippen LogP contribution is 2.25. The van der Waals surface area contributed by atoms with Crippen molar-refractivity contribution in [2.45, 2.75) is 13.0 Å². The number of methoxy groups -OCH3 is 1. The third-order valence-electron chi connectivity index (χ3n) is 4.96. The second-order valence-electron chi connectivity index (χ2n) is 6.70.